The van der Waals surface area contributed by atoms with Gasteiger partial charge in [-0.2, -0.15) is 0 Å². The second-order valence-electron chi connectivity index (χ2n) is 2.99. The van der Waals surface area contributed by atoms with E-state index in [0.29, 0.717) is 0 Å². The first-order valence-electron chi connectivity index (χ1n) is 4.03. The molecule has 12 heavy (non-hydrogen) atoms. The van der Waals surface area contributed by atoms with E-state index in [9.17, 15) is 5.11 Å². The van der Waals surface area contributed by atoms with Crippen LogP contribution in [0.25, 0.3) is 10.9 Å². The molecule has 0 aliphatic carbocycles. The van der Waals surface area contributed by atoms with Crippen LogP contribution < -0.4 is 0 Å². The number of H-pyrrole nitrogens is 1. The largest absolute Gasteiger partial charge is 0.387 e. The van der Waals surface area contributed by atoms with Gasteiger partial charge in [0.1, 0.15) is 0 Å². The quantitative estimate of drug-likeness (QED) is 0.661. The molecule has 0 unspecified atom stereocenters. The molecule has 0 amide bonds. The molecule has 0 spiro atoms. The zero-order chi connectivity index (χ0) is 8.55. The molecule has 2 heteroatoms. The third kappa shape index (κ3) is 1.10. The van der Waals surface area contributed by atoms with Gasteiger partial charge in [-0.1, -0.05) is 18.2 Å². The molecular formula is C10H11NO. The normalized spacial score (nSPS) is 13.5. The minimum Gasteiger partial charge on any atom is -0.387 e. The number of para-hydroxylation sites is 1. The Bertz CT molecular complexity index is 356. The molecule has 0 radical (unpaired) electrons. The number of aromatic nitrogens is 1. The van der Waals surface area contributed by atoms with E-state index < -0.39 is 6.10 Å². The maximum atomic E-state index is 9.29. The van der Waals surface area contributed by atoms with Crippen LogP contribution in [0.1, 0.15) is 18.7 Å². The first-order chi connectivity index (χ1) is 5.77. The van der Waals surface area contributed by atoms with Gasteiger partial charge in [-0.3, -0.25) is 0 Å². The van der Waals surface area contributed by atoms with E-state index in [-0.39, 0.29) is 0 Å². The zero-order valence-electron chi connectivity index (χ0n) is 6.91. The van der Waals surface area contributed by atoms with Crippen LogP contribution in [0.4, 0.5) is 0 Å². The SMILES string of the molecule is C[C@H](O)c1cc2ccccc2[nH]1. The summed E-state index contributed by atoms with van der Waals surface area (Å²) in [5.74, 6) is 0. The molecule has 1 aromatic heterocycles. The predicted octanol–water partition coefficient (Wildman–Crippen LogP) is 2.22. The molecule has 62 valence electrons. The number of rotatable bonds is 1. The van der Waals surface area contributed by atoms with E-state index >= 15 is 0 Å². The van der Waals surface area contributed by atoms with Crippen LogP contribution in [0, 0.1) is 0 Å². The van der Waals surface area contributed by atoms with Crippen molar-refractivity contribution in [3.05, 3.63) is 36.0 Å². The Kier molecular flexibility index (Phi) is 1.62. The fraction of sp³-hybridized carbons (Fsp3) is 0.200. The van der Waals surface area contributed by atoms with E-state index in [0.717, 1.165) is 16.6 Å². The van der Waals surface area contributed by atoms with Gasteiger partial charge < -0.3 is 10.1 Å². The van der Waals surface area contributed by atoms with Gasteiger partial charge in [-0.25, -0.2) is 0 Å². The van der Waals surface area contributed by atoms with Crippen molar-refractivity contribution in [3.8, 4) is 0 Å². The maximum absolute atomic E-state index is 9.29. The maximum Gasteiger partial charge on any atom is 0.0910 e. The highest BCUT2D eigenvalue weighted by Crippen LogP contribution is 2.18. The Labute approximate surface area is 70.8 Å². The van der Waals surface area contributed by atoms with Crippen molar-refractivity contribution in [1.82, 2.24) is 4.98 Å². The fourth-order valence-corrected chi connectivity index (χ4v) is 1.32. The van der Waals surface area contributed by atoms with Gasteiger partial charge in [0.25, 0.3) is 0 Å². The number of aliphatic hydroxyl groups is 1. The molecule has 2 nitrogen and oxygen atoms in total. The average molecular weight is 161 g/mol. The highest BCUT2D eigenvalue weighted by atomic mass is 16.3. The molecule has 1 heterocycles. The van der Waals surface area contributed by atoms with Gasteiger partial charge in [0.2, 0.25) is 0 Å². The number of fused-ring (bicyclic) bond motifs is 1. The van der Waals surface area contributed by atoms with Crippen molar-refractivity contribution >= 4 is 10.9 Å². The summed E-state index contributed by atoms with van der Waals surface area (Å²) < 4.78 is 0. The molecular weight excluding hydrogens is 150 g/mol. The Morgan fingerprint density at radius 2 is 2.08 bits per heavy atom. The lowest BCUT2D eigenvalue weighted by Gasteiger charge is -1.97. The lowest BCUT2D eigenvalue weighted by molar-refractivity contribution is 0.195. The van der Waals surface area contributed by atoms with E-state index in [1.807, 2.05) is 30.3 Å². The summed E-state index contributed by atoms with van der Waals surface area (Å²) in [5, 5.41) is 10.4. The van der Waals surface area contributed by atoms with E-state index in [2.05, 4.69) is 4.98 Å². The van der Waals surface area contributed by atoms with Crippen molar-refractivity contribution in [2.24, 2.45) is 0 Å². The lowest BCUT2D eigenvalue weighted by Crippen LogP contribution is -1.88. The number of hydrogen-bond donors (Lipinski definition) is 2. The van der Waals surface area contributed by atoms with Gasteiger partial charge in [0.05, 0.1) is 6.10 Å². The van der Waals surface area contributed by atoms with E-state index in [4.69, 9.17) is 0 Å². The highest BCUT2D eigenvalue weighted by Gasteiger charge is 2.03. The molecule has 2 aromatic rings. The Morgan fingerprint density at radius 3 is 2.75 bits per heavy atom. The third-order valence-electron chi connectivity index (χ3n) is 2.00. The van der Waals surface area contributed by atoms with Gasteiger partial charge in [-0.05, 0) is 24.4 Å². The summed E-state index contributed by atoms with van der Waals surface area (Å²) in [6, 6.07) is 9.96. The summed E-state index contributed by atoms with van der Waals surface area (Å²) in [4.78, 5) is 3.14. The second kappa shape index (κ2) is 2.64. The molecule has 2 N–H and O–H groups in total. The number of aliphatic hydroxyl groups excluding tert-OH is 1. The number of aromatic amines is 1. The summed E-state index contributed by atoms with van der Waals surface area (Å²) in [5.41, 5.74) is 1.95. The predicted molar refractivity (Wildman–Crippen MR) is 48.9 cm³/mol. The van der Waals surface area contributed by atoms with Crippen LogP contribution in [0.3, 0.4) is 0 Å². The van der Waals surface area contributed by atoms with Gasteiger partial charge >= 0.3 is 0 Å². The van der Waals surface area contributed by atoms with Crippen molar-refractivity contribution in [2.45, 2.75) is 13.0 Å². The van der Waals surface area contributed by atoms with E-state index in [1.165, 1.54) is 0 Å². The van der Waals surface area contributed by atoms with Crippen LogP contribution in [-0.2, 0) is 0 Å². The van der Waals surface area contributed by atoms with Crippen molar-refractivity contribution in [2.75, 3.05) is 0 Å². The standard InChI is InChI=1S/C10H11NO/c1-7(12)10-6-8-4-2-3-5-9(8)11-10/h2-7,11-12H,1H3/t7-/m0/s1. The monoisotopic (exact) mass is 161 g/mol. The second-order valence-corrected chi connectivity index (χ2v) is 2.99. The Balaban J connectivity index is 2.62. The molecule has 0 fully saturated rings. The summed E-state index contributed by atoms with van der Waals surface area (Å²) in [6.07, 6.45) is -0.419. The van der Waals surface area contributed by atoms with E-state index in [1.54, 1.807) is 6.92 Å². The van der Waals surface area contributed by atoms with Gasteiger partial charge in [0.15, 0.2) is 0 Å². The minimum absolute atomic E-state index is 0.419. The lowest BCUT2D eigenvalue weighted by atomic mass is 10.2. The van der Waals surface area contributed by atoms with Crippen LogP contribution in [-0.4, -0.2) is 10.1 Å². The Hall–Kier alpha value is -1.28. The molecule has 0 bridgehead atoms. The van der Waals surface area contributed by atoms with Crippen LogP contribution in [0.15, 0.2) is 30.3 Å². The van der Waals surface area contributed by atoms with Crippen molar-refractivity contribution in [1.29, 1.82) is 0 Å². The molecule has 0 saturated heterocycles. The number of nitrogens with one attached hydrogen (secondary N) is 1. The fourth-order valence-electron chi connectivity index (χ4n) is 1.32. The molecule has 1 atom stereocenters. The smallest absolute Gasteiger partial charge is 0.0910 e. The van der Waals surface area contributed by atoms with Gasteiger partial charge in [-0.15, -0.1) is 0 Å². The first kappa shape index (κ1) is 7.37. The first-order valence-corrected chi connectivity index (χ1v) is 4.03. The van der Waals surface area contributed by atoms with Crippen molar-refractivity contribution in [3.63, 3.8) is 0 Å². The number of hydrogen-bond acceptors (Lipinski definition) is 1. The van der Waals surface area contributed by atoms with Gasteiger partial charge in [0, 0.05) is 11.2 Å². The molecule has 0 aliphatic rings. The topological polar surface area (TPSA) is 36.0 Å². The van der Waals surface area contributed by atoms with Crippen LogP contribution in [0.2, 0.25) is 0 Å². The molecule has 0 saturated carbocycles. The average Bonchev–Trinajstić information content (AvgIpc) is 2.46. The molecule has 2 rings (SSSR count). The third-order valence-corrected chi connectivity index (χ3v) is 2.00. The molecule has 1 aromatic carbocycles. The summed E-state index contributed by atoms with van der Waals surface area (Å²) in [7, 11) is 0. The zero-order valence-corrected chi connectivity index (χ0v) is 6.91. The van der Waals surface area contributed by atoms with Crippen LogP contribution in [0.5, 0.6) is 0 Å². The minimum atomic E-state index is -0.419. The number of benzene rings is 1. The summed E-state index contributed by atoms with van der Waals surface area (Å²) in [6.45, 7) is 1.75. The molecule has 0 aliphatic heterocycles. The highest BCUT2D eigenvalue weighted by molar-refractivity contribution is 5.80. The van der Waals surface area contributed by atoms with Crippen molar-refractivity contribution < 1.29 is 5.11 Å². The van der Waals surface area contributed by atoms with Crippen LogP contribution >= 0.6 is 0 Å². The Morgan fingerprint density at radius 1 is 1.33 bits per heavy atom. The summed E-state index contributed by atoms with van der Waals surface area (Å²) >= 11 is 0.